The minimum Gasteiger partial charge on any atom is -0.427 e. The zero-order valence-electron chi connectivity index (χ0n) is 13.7. The molecule has 2 aromatic heterocycles. The molecule has 0 radical (unpaired) electrons. The molecule has 0 spiro atoms. The Labute approximate surface area is 145 Å². The molecule has 0 saturated carbocycles. The van der Waals surface area contributed by atoms with Crippen LogP contribution in [-0.2, 0) is 4.79 Å². The molecule has 4 rings (SSSR count). The van der Waals surface area contributed by atoms with Gasteiger partial charge in [0.15, 0.2) is 0 Å². The van der Waals surface area contributed by atoms with E-state index in [4.69, 9.17) is 9.72 Å². The Morgan fingerprint density at radius 1 is 0.920 bits per heavy atom. The van der Waals surface area contributed by atoms with Crippen LogP contribution < -0.4 is 4.74 Å². The highest BCUT2D eigenvalue weighted by Crippen LogP contribution is 2.30. The van der Waals surface area contributed by atoms with E-state index in [2.05, 4.69) is 10.5 Å². The van der Waals surface area contributed by atoms with Crippen molar-refractivity contribution in [3.8, 4) is 28.4 Å². The van der Waals surface area contributed by atoms with E-state index in [9.17, 15) is 4.79 Å². The molecule has 4 nitrogen and oxygen atoms in total. The topological polar surface area (TPSA) is 43.6 Å². The molecule has 0 fully saturated rings. The molecule has 0 unspecified atom stereocenters. The SMILES string of the molecule is CC(=O)Oc1cccc(-c2nc(-c3ccccc3)c3ccccn23)c1. The van der Waals surface area contributed by atoms with Gasteiger partial charge >= 0.3 is 5.97 Å². The molecule has 0 N–H and O–H groups in total. The second-order valence-electron chi connectivity index (χ2n) is 5.73. The molecular weight excluding hydrogens is 312 g/mol. The lowest BCUT2D eigenvalue weighted by Crippen LogP contribution is -2.01. The van der Waals surface area contributed by atoms with Crippen molar-refractivity contribution in [1.29, 1.82) is 0 Å². The van der Waals surface area contributed by atoms with Gasteiger partial charge in [-0.3, -0.25) is 9.20 Å². The van der Waals surface area contributed by atoms with E-state index in [1.165, 1.54) is 6.92 Å². The number of imidazole rings is 1. The van der Waals surface area contributed by atoms with Crippen molar-refractivity contribution in [2.75, 3.05) is 0 Å². The Bertz CT molecular complexity index is 1050. The molecule has 25 heavy (non-hydrogen) atoms. The summed E-state index contributed by atoms with van der Waals surface area (Å²) in [6, 6.07) is 23.5. The molecular formula is C21H16N2O2. The Morgan fingerprint density at radius 2 is 1.68 bits per heavy atom. The molecule has 4 heteroatoms. The molecule has 0 aliphatic heterocycles. The van der Waals surface area contributed by atoms with Crippen LogP contribution in [0.15, 0.2) is 79.0 Å². The van der Waals surface area contributed by atoms with Crippen LogP contribution in [0.5, 0.6) is 5.75 Å². The Balaban J connectivity index is 1.90. The first-order valence-corrected chi connectivity index (χ1v) is 8.04. The van der Waals surface area contributed by atoms with E-state index in [1.807, 2.05) is 66.9 Å². The molecule has 2 heterocycles. The maximum absolute atomic E-state index is 11.2. The smallest absolute Gasteiger partial charge is 0.308 e. The van der Waals surface area contributed by atoms with Gasteiger partial charge < -0.3 is 4.74 Å². The van der Waals surface area contributed by atoms with Crippen molar-refractivity contribution in [2.45, 2.75) is 6.92 Å². The van der Waals surface area contributed by atoms with Crippen molar-refractivity contribution in [2.24, 2.45) is 0 Å². The first kappa shape index (κ1) is 15.1. The van der Waals surface area contributed by atoms with Crippen LogP contribution in [0.3, 0.4) is 0 Å². The third-order valence-electron chi connectivity index (χ3n) is 3.95. The largest absolute Gasteiger partial charge is 0.427 e. The zero-order chi connectivity index (χ0) is 17.2. The third-order valence-corrected chi connectivity index (χ3v) is 3.95. The third kappa shape index (κ3) is 2.90. The quantitative estimate of drug-likeness (QED) is 0.408. The number of fused-ring (bicyclic) bond motifs is 1. The molecule has 0 aliphatic rings. The van der Waals surface area contributed by atoms with E-state index in [0.717, 1.165) is 28.2 Å². The lowest BCUT2D eigenvalue weighted by atomic mass is 10.1. The van der Waals surface area contributed by atoms with Crippen molar-refractivity contribution < 1.29 is 9.53 Å². The van der Waals surface area contributed by atoms with Crippen molar-refractivity contribution in [3.05, 3.63) is 79.0 Å². The van der Waals surface area contributed by atoms with Gasteiger partial charge in [-0.15, -0.1) is 0 Å². The first-order valence-electron chi connectivity index (χ1n) is 8.04. The van der Waals surface area contributed by atoms with E-state index in [-0.39, 0.29) is 5.97 Å². The summed E-state index contributed by atoms with van der Waals surface area (Å²) in [5.74, 6) is 0.984. The summed E-state index contributed by atoms with van der Waals surface area (Å²) in [6.45, 7) is 1.39. The zero-order valence-corrected chi connectivity index (χ0v) is 13.7. The number of carbonyl (C=O) groups excluding carboxylic acids is 1. The van der Waals surface area contributed by atoms with Crippen LogP contribution in [0.2, 0.25) is 0 Å². The molecule has 0 bridgehead atoms. The molecule has 0 atom stereocenters. The Hall–Kier alpha value is -3.40. The van der Waals surface area contributed by atoms with Crippen molar-refractivity contribution in [3.63, 3.8) is 0 Å². The van der Waals surface area contributed by atoms with E-state index in [0.29, 0.717) is 5.75 Å². The summed E-state index contributed by atoms with van der Waals surface area (Å²) in [5, 5.41) is 0. The second kappa shape index (κ2) is 6.24. The highest BCUT2D eigenvalue weighted by atomic mass is 16.5. The number of esters is 1. The number of hydrogen-bond donors (Lipinski definition) is 0. The Kier molecular flexibility index (Phi) is 3.78. The van der Waals surface area contributed by atoms with Crippen LogP contribution in [-0.4, -0.2) is 15.4 Å². The van der Waals surface area contributed by atoms with Crippen LogP contribution in [0, 0.1) is 0 Å². The fourth-order valence-electron chi connectivity index (χ4n) is 2.91. The van der Waals surface area contributed by atoms with Gasteiger partial charge in [0.25, 0.3) is 0 Å². The van der Waals surface area contributed by atoms with Crippen molar-refractivity contribution in [1.82, 2.24) is 9.38 Å². The first-order chi connectivity index (χ1) is 12.2. The van der Waals surface area contributed by atoms with Gasteiger partial charge in [0.2, 0.25) is 0 Å². The summed E-state index contributed by atoms with van der Waals surface area (Å²) in [5.41, 5.74) is 3.91. The number of benzene rings is 2. The molecule has 2 aromatic carbocycles. The second-order valence-corrected chi connectivity index (χ2v) is 5.73. The van der Waals surface area contributed by atoms with Gasteiger partial charge in [0.1, 0.15) is 11.6 Å². The summed E-state index contributed by atoms with van der Waals surface area (Å²) < 4.78 is 7.25. The van der Waals surface area contributed by atoms with Gasteiger partial charge in [-0.2, -0.15) is 0 Å². The number of carbonyl (C=O) groups is 1. The maximum atomic E-state index is 11.2. The number of pyridine rings is 1. The monoisotopic (exact) mass is 328 g/mol. The highest BCUT2D eigenvalue weighted by Gasteiger charge is 2.14. The lowest BCUT2D eigenvalue weighted by molar-refractivity contribution is -0.131. The average Bonchev–Trinajstić information content (AvgIpc) is 3.02. The van der Waals surface area contributed by atoms with Gasteiger partial charge in [0.05, 0.1) is 11.2 Å². The maximum Gasteiger partial charge on any atom is 0.308 e. The van der Waals surface area contributed by atoms with E-state index in [1.54, 1.807) is 6.07 Å². The minimum absolute atomic E-state index is 0.338. The highest BCUT2D eigenvalue weighted by molar-refractivity contribution is 5.81. The van der Waals surface area contributed by atoms with Crippen LogP contribution >= 0.6 is 0 Å². The van der Waals surface area contributed by atoms with Crippen LogP contribution in [0.4, 0.5) is 0 Å². The number of aromatic nitrogens is 2. The fourth-order valence-corrected chi connectivity index (χ4v) is 2.91. The number of hydrogen-bond acceptors (Lipinski definition) is 3. The minimum atomic E-state index is -0.338. The van der Waals surface area contributed by atoms with E-state index < -0.39 is 0 Å². The summed E-state index contributed by atoms with van der Waals surface area (Å²) in [4.78, 5) is 16.1. The normalized spacial score (nSPS) is 10.8. The predicted molar refractivity (Wildman–Crippen MR) is 97.4 cm³/mol. The molecule has 0 aliphatic carbocycles. The van der Waals surface area contributed by atoms with Gasteiger partial charge in [-0.05, 0) is 24.3 Å². The van der Waals surface area contributed by atoms with Crippen molar-refractivity contribution >= 4 is 11.5 Å². The number of ether oxygens (including phenoxy) is 1. The van der Waals surface area contributed by atoms with Crippen LogP contribution in [0.1, 0.15) is 6.92 Å². The summed E-state index contributed by atoms with van der Waals surface area (Å²) in [7, 11) is 0. The molecule has 0 amide bonds. The molecule has 0 saturated heterocycles. The Morgan fingerprint density at radius 3 is 2.48 bits per heavy atom. The molecule has 122 valence electrons. The van der Waals surface area contributed by atoms with Gasteiger partial charge in [-0.1, -0.05) is 48.5 Å². The van der Waals surface area contributed by atoms with E-state index >= 15 is 0 Å². The molecule has 4 aromatic rings. The summed E-state index contributed by atoms with van der Waals surface area (Å²) in [6.07, 6.45) is 1.99. The lowest BCUT2D eigenvalue weighted by Gasteiger charge is -2.04. The average molecular weight is 328 g/mol. The predicted octanol–water partition coefficient (Wildman–Crippen LogP) is 4.59. The van der Waals surface area contributed by atoms with Crippen LogP contribution in [0.25, 0.3) is 28.2 Å². The standard InChI is InChI=1S/C21H16N2O2/c1-15(24)25-18-11-7-10-17(14-18)21-22-20(16-8-3-2-4-9-16)19-12-5-6-13-23(19)21/h2-14H,1H3. The number of nitrogens with zero attached hydrogens (tertiary/aromatic N) is 2. The summed E-state index contributed by atoms with van der Waals surface area (Å²) >= 11 is 0. The number of rotatable bonds is 3. The van der Waals surface area contributed by atoms with Gasteiger partial charge in [0, 0.05) is 24.2 Å². The fraction of sp³-hybridized carbons (Fsp3) is 0.0476. The van der Waals surface area contributed by atoms with Gasteiger partial charge in [-0.25, -0.2) is 4.98 Å².